The van der Waals surface area contributed by atoms with Gasteiger partial charge in [-0.15, -0.1) is 0 Å². The third-order valence-corrected chi connectivity index (χ3v) is 4.82. The highest BCUT2D eigenvalue weighted by Crippen LogP contribution is 2.37. The summed E-state index contributed by atoms with van der Waals surface area (Å²) in [5, 5.41) is 2.81. The number of amides is 2. The summed E-state index contributed by atoms with van der Waals surface area (Å²) in [4.78, 5) is 39.7. The topological polar surface area (TPSA) is 84.9 Å². The van der Waals surface area contributed by atoms with Crippen LogP contribution in [0.25, 0.3) is 0 Å². The van der Waals surface area contributed by atoms with E-state index in [1.165, 1.54) is 11.8 Å². The number of carbonyl (C=O) groups is 3. The number of anilines is 2. The summed E-state index contributed by atoms with van der Waals surface area (Å²) in [5.74, 6) is -0.771. The average molecular weight is 410 g/mol. The van der Waals surface area contributed by atoms with Gasteiger partial charge in [-0.2, -0.15) is 0 Å². The summed E-state index contributed by atoms with van der Waals surface area (Å²) in [7, 11) is 0. The Hall–Kier alpha value is -3.35. The Bertz CT molecular complexity index is 966. The van der Waals surface area contributed by atoms with Crippen LogP contribution in [0.4, 0.5) is 11.4 Å². The van der Waals surface area contributed by atoms with Gasteiger partial charge in [0.05, 0.1) is 23.0 Å². The summed E-state index contributed by atoms with van der Waals surface area (Å²) >= 11 is 0. The summed E-state index contributed by atoms with van der Waals surface area (Å²) in [6.07, 6.45) is -1.06. The maximum Gasteiger partial charge on any atom is 0.338 e. The number of esters is 1. The van der Waals surface area contributed by atoms with Crippen LogP contribution in [0.5, 0.6) is 5.75 Å². The molecule has 0 fully saturated rings. The van der Waals surface area contributed by atoms with Crippen LogP contribution in [-0.4, -0.2) is 35.5 Å². The molecule has 2 amide bonds. The standard InChI is InChI=1S/C23H26N2O5/c1-14(2)29-17-12-10-16(11-13-17)21(27)30-15(3)20(26)25-19-9-7-6-8-18(19)24-22(28)23(25,4)5/h6-15H,1-5H3,(H,24,28)/t15-/m1/s1. The molecule has 2 aromatic carbocycles. The second-order valence-electron chi connectivity index (χ2n) is 7.94. The highest BCUT2D eigenvalue weighted by molar-refractivity contribution is 6.15. The van der Waals surface area contributed by atoms with Crippen LogP contribution < -0.4 is 15.0 Å². The second-order valence-corrected chi connectivity index (χ2v) is 7.94. The van der Waals surface area contributed by atoms with Crippen molar-refractivity contribution in [2.24, 2.45) is 0 Å². The van der Waals surface area contributed by atoms with Crippen molar-refractivity contribution in [3.8, 4) is 5.75 Å². The number of benzene rings is 2. The molecule has 0 saturated heterocycles. The number of ether oxygens (including phenoxy) is 2. The largest absolute Gasteiger partial charge is 0.491 e. The number of nitrogens with one attached hydrogen (secondary N) is 1. The van der Waals surface area contributed by atoms with E-state index in [9.17, 15) is 14.4 Å². The van der Waals surface area contributed by atoms with E-state index >= 15 is 0 Å². The molecular weight excluding hydrogens is 384 g/mol. The maximum atomic E-state index is 13.2. The molecule has 0 aliphatic carbocycles. The number of carbonyl (C=O) groups excluding carboxylic acids is 3. The fourth-order valence-corrected chi connectivity index (χ4v) is 3.25. The molecule has 1 aliphatic rings. The third-order valence-electron chi connectivity index (χ3n) is 4.82. The van der Waals surface area contributed by atoms with Gasteiger partial charge in [-0.1, -0.05) is 12.1 Å². The fourth-order valence-electron chi connectivity index (χ4n) is 3.25. The molecule has 0 radical (unpaired) electrons. The van der Waals surface area contributed by atoms with E-state index in [1.54, 1.807) is 62.4 Å². The zero-order chi connectivity index (χ0) is 22.1. The van der Waals surface area contributed by atoms with E-state index < -0.39 is 23.5 Å². The minimum Gasteiger partial charge on any atom is -0.491 e. The highest BCUT2D eigenvalue weighted by atomic mass is 16.5. The van der Waals surface area contributed by atoms with Gasteiger partial charge in [0.25, 0.3) is 5.91 Å². The van der Waals surface area contributed by atoms with Crippen LogP contribution in [0, 0.1) is 0 Å². The zero-order valence-electron chi connectivity index (χ0n) is 17.8. The van der Waals surface area contributed by atoms with Gasteiger partial charge in [-0.3, -0.25) is 14.5 Å². The van der Waals surface area contributed by atoms with Crippen LogP contribution in [0.3, 0.4) is 0 Å². The average Bonchev–Trinajstić information content (AvgIpc) is 2.68. The molecule has 7 heteroatoms. The van der Waals surface area contributed by atoms with E-state index in [4.69, 9.17) is 9.47 Å². The molecule has 0 saturated carbocycles. The van der Waals surface area contributed by atoms with E-state index in [-0.39, 0.29) is 12.0 Å². The van der Waals surface area contributed by atoms with Gasteiger partial charge >= 0.3 is 5.97 Å². The van der Waals surface area contributed by atoms with Crippen LogP contribution in [-0.2, 0) is 14.3 Å². The van der Waals surface area contributed by atoms with Gasteiger partial charge in [0.15, 0.2) is 6.10 Å². The first kappa shape index (κ1) is 21.4. The first-order valence-corrected chi connectivity index (χ1v) is 9.83. The summed E-state index contributed by atoms with van der Waals surface area (Å²) in [6.45, 7) is 8.63. The molecule has 1 aliphatic heterocycles. The Balaban J connectivity index is 1.78. The van der Waals surface area contributed by atoms with E-state index in [1.807, 2.05) is 13.8 Å². The number of para-hydroxylation sites is 2. The first-order chi connectivity index (χ1) is 14.1. The van der Waals surface area contributed by atoms with Crippen LogP contribution in [0.15, 0.2) is 48.5 Å². The number of nitrogens with zero attached hydrogens (tertiary/aromatic N) is 1. The van der Waals surface area contributed by atoms with Crippen molar-refractivity contribution in [1.82, 2.24) is 0 Å². The minimum atomic E-state index is -1.14. The molecule has 7 nitrogen and oxygen atoms in total. The van der Waals surface area contributed by atoms with Crippen molar-refractivity contribution in [3.05, 3.63) is 54.1 Å². The summed E-state index contributed by atoms with van der Waals surface area (Å²) in [5.41, 5.74) is 0.267. The second kappa shape index (κ2) is 8.18. The van der Waals surface area contributed by atoms with Crippen molar-refractivity contribution in [1.29, 1.82) is 0 Å². The maximum absolute atomic E-state index is 13.2. The molecule has 0 aromatic heterocycles. The normalized spacial score (nSPS) is 15.8. The summed E-state index contributed by atoms with van der Waals surface area (Å²) < 4.78 is 11.0. The SMILES string of the molecule is CC(C)Oc1ccc(C(=O)O[C@H](C)C(=O)N2c3ccccc3NC(=O)C2(C)C)cc1. The Labute approximate surface area is 176 Å². The Morgan fingerprint density at radius 3 is 2.27 bits per heavy atom. The molecule has 30 heavy (non-hydrogen) atoms. The smallest absolute Gasteiger partial charge is 0.338 e. The quantitative estimate of drug-likeness (QED) is 0.758. The highest BCUT2D eigenvalue weighted by Gasteiger charge is 2.45. The molecule has 0 bridgehead atoms. The van der Waals surface area contributed by atoms with Crippen molar-refractivity contribution >= 4 is 29.2 Å². The van der Waals surface area contributed by atoms with E-state index in [0.717, 1.165) is 0 Å². The molecule has 0 unspecified atom stereocenters. The summed E-state index contributed by atoms with van der Waals surface area (Å²) in [6, 6.07) is 13.6. The van der Waals surface area contributed by atoms with Crippen LogP contribution in [0.2, 0.25) is 0 Å². The number of rotatable bonds is 5. The number of hydrogen-bond donors (Lipinski definition) is 1. The molecule has 0 spiro atoms. The monoisotopic (exact) mass is 410 g/mol. The van der Waals surface area contributed by atoms with Gasteiger partial charge < -0.3 is 14.8 Å². The molecule has 1 atom stereocenters. The van der Waals surface area contributed by atoms with Crippen molar-refractivity contribution < 1.29 is 23.9 Å². The van der Waals surface area contributed by atoms with Crippen LogP contribution >= 0.6 is 0 Å². The predicted molar refractivity (Wildman–Crippen MR) is 114 cm³/mol. The lowest BCUT2D eigenvalue weighted by atomic mass is 9.95. The van der Waals surface area contributed by atoms with Gasteiger partial charge in [-0.25, -0.2) is 4.79 Å². The predicted octanol–water partition coefficient (Wildman–Crippen LogP) is 3.78. The van der Waals surface area contributed by atoms with Crippen molar-refractivity contribution in [2.75, 3.05) is 10.2 Å². The van der Waals surface area contributed by atoms with Crippen molar-refractivity contribution in [3.63, 3.8) is 0 Å². The van der Waals surface area contributed by atoms with Crippen molar-refractivity contribution in [2.45, 2.75) is 52.4 Å². The lowest BCUT2D eigenvalue weighted by molar-refractivity contribution is -0.131. The Morgan fingerprint density at radius 2 is 1.63 bits per heavy atom. The zero-order valence-corrected chi connectivity index (χ0v) is 17.8. The molecule has 1 N–H and O–H groups in total. The third kappa shape index (κ3) is 4.15. The lowest BCUT2D eigenvalue weighted by Crippen LogP contribution is -2.60. The lowest BCUT2D eigenvalue weighted by Gasteiger charge is -2.42. The Kier molecular flexibility index (Phi) is 5.82. The first-order valence-electron chi connectivity index (χ1n) is 9.83. The fraction of sp³-hybridized carbons (Fsp3) is 0.348. The molecule has 3 rings (SSSR count). The number of hydrogen-bond acceptors (Lipinski definition) is 5. The molecule has 158 valence electrons. The molecule has 1 heterocycles. The number of fused-ring (bicyclic) bond motifs is 1. The van der Waals surface area contributed by atoms with Crippen LogP contribution in [0.1, 0.15) is 45.0 Å². The van der Waals surface area contributed by atoms with Gasteiger partial charge in [0, 0.05) is 0 Å². The van der Waals surface area contributed by atoms with Gasteiger partial charge in [-0.05, 0) is 71.0 Å². The Morgan fingerprint density at radius 1 is 1.00 bits per heavy atom. The van der Waals surface area contributed by atoms with E-state index in [2.05, 4.69) is 5.32 Å². The minimum absolute atomic E-state index is 0.0217. The van der Waals surface area contributed by atoms with Gasteiger partial charge in [0.1, 0.15) is 11.3 Å². The van der Waals surface area contributed by atoms with E-state index in [0.29, 0.717) is 22.7 Å². The van der Waals surface area contributed by atoms with Gasteiger partial charge in [0.2, 0.25) is 5.91 Å². The molecular formula is C23H26N2O5. The molecule has 2 aromatic rings.